The molecule has 27 heavy (non-hydrogen) atoms. The summed E-state index contributed by atoms with van der Waals surface area (Å²) in [5.41, 5.74) is 0. The van der Waals surface area contributed by atoms with Crippen LogP contribution in [0.2, 0.25) is 0 Å². The molecule has 152 valence electrons. The molecule has 0 atom stereocenters. The Balaban J connectivity index is 1.32. The Bertz CT molecular complexity index is 733. The highest BCUT2D eigenvalue weighted by atomic mass is 32.3. The van der Waals surface area contributed by atoms with Crippen LogP contribution in [0.25, 0.3) is 0 Å². The summed E-state index contributed by atoms with van der Waals surface area (Å²) in [6, 6.07) is 0. The Morgan fingerprint density at radius 2 is 0.704 bits per heavy atom. The van der Waals surface area contributed by atoms with Gasteiger partial charge in [0.2, 0.25) is 20.0 Å². The summed E-state index contributed by atoms with van der Waals surface area (Å²) < 4.78 is 54.8. The molecule has 0 aromatic heterocycles. The van der Waals surface area contributed by atoms with Crippen molar-refractivity contribution in [2.45, 2.75) is 86.5 Å². The normalized spacial score (nSPS) is 53.2. The van der Waals surface area contributed by atoms with Crippen molar-refractivity contribution < 1.29 is 16.8 Å². The van der Waals surface area contributed by atoms with E-state index in [4.69, 9.17) is 0 Å². The van der Waals surface area contributed by atoms with E-state index in [1.54, 1.807) is 0 Å². The van der Waals surface area contributed by atoms with E-state index in [1.807, 2.05) is 0 Å². The largest absolute Gasteiger partial charge is 0.230 e. The van der Waals surface area contributed by atoms with Gasteiger partial charge in [-0.3, -0.25) is 0 Å². The van der Waals surface area contributed by atoms with Crippen LogP contribution in [0.15, 0.2) is 0 Å². The lowest BCUT2D eigenvalue weighted by atomic mass is 9.56. The highest BCUT2D eigenvalue weighted by Crippen LogP contribution is 2.60. The lowest BCUT2D eigenvalue weighted by Crippen LogP contribution is -2.63. The van der Waals surface area contributed by atoms with Gasteiger partial charge in [0, 0.05) is 0 Å². The minimum absolute atomic E-state index is 0.482. The third kappa shape index (κ3) is 2.43. The molecule has 0 radical (unpaired) electrons. The molecular formula is C20H31NO4S2. The van der Waals surface area contributed by atoms with Crippen LogP contribution in [-0.4, -0.2) is 26.3 Å². The second kappa shape index (κ2) is 5.31. The van der Waals surface area contributed by atoms with Gasteiger partial charge < -0.3 is 0 Å². The van der Waals surface area contributed by atoms with Crippen molar-refractivity contribution >= 4 is 20.0 Å². The summed E-state index contributed by atoms with van der Waals surface area (Å²) in [5, 5.41) is 0. The number of hydrogen-bond acceptors (Lipinski definition) is 4. The summed E-state index contributed by atoms with van der Waals surface area (Å²) in [7, 11) is -7.74. The summed E-state index contributed by atoms with van der Waals surface area (Å²) in [5.74, 6) is 2.89. The molecule has 8 bridgehead atoms. The molecule has 8 fully saturated rings. The molecule has 7 heteroatoms. The van der Waals surface area contributed by atoms with Crippen molar-refractivity contribution in [3.8, 4) is 0 Å². The van der Waals surface area contributed by atoms with Gasteiger partial charge in [-0.25, -0.2) is 16.8 Å². The SMILES string of the molecule is O=S(=O)(NS(=O)(=O)C12CC3CC(CC(C3)C1)C2)C12CC3CC(CC(C3)C1)C2. The van der Waals surface area contributed by atoms with Gasteiger partial charge in [-0.1, -0.05) is 0 Å². The zero-order chi connectivity index (χ0) is 18.7. The van der Waals surface area contributed by atoms with Gasteiger partial charge in [0.15, 0.2) is 0 Å². The fourth-order valence-corrected chi connectivity index (χ4v) is 14.3. The van der Waals surface area contributed by atoms with E-state index >= 15 is 0 Å². The number of sulfonamides is 2. The summed E-state index contributed by atoms with van der Waals surface area (Å²) in [4.78, 5) is 0. The summed E-state index contributed by atoms with van der Waals surface area (Å²) >= 11 is 0. The van der Waals surface area contributed by atoms with E-state index in [2.05, 4.69) is 4.13 Å². The Morgan fingerprint density at radius 3 is 0.926 bits per heavy atom. The Morgan fingerprint density at radius 1 is 0.481 bits per heavy atom. The molecule has 0 amide bonds. The highest BCUT2D eigenvalue weighted by molar-refractivity contribution is 8.06. The lowest BCUT2D eigenvalue weighted by Gasteiger charge is -2.57. The van der Waals surface area contributed by atoms with Crippen LogP contribution in [0, 0.1) is 35.5 Å². The first kappa shape index (κ1) is 17.7. The van der Waals surface area contributed by atoms with Gasteiger partial charge in [-0.15, -0.1) is 4.13 Å². The fourth-order valence-electron chi connectivity index (χ4n) is 9.04. The lowest BCUT2D eigenvalue weighted by molar-refractivity contribution is 0.0320. The van der Waals surface area contributed by atoms with Crippen molar-refractivity contribution in [2.24, 2.45) is 35.5 Å². The molecule has 0 unspecified atom stereocenters. The molecule has 8 aliphatic rings. The molecule has 0 spiro atoms. The molecular weight excluding hydrogens is 382 g/mol. The monoisotopic (exact) mass is 413 g/mol. The fraction of sp³-hybridized carbons (Fsp3) is 1.00. The van der Waals surface area contributed by atoms with Gasteiger partial charge in [-0.2, -0.15) is 0 Å². The third-order valence-corrected chi connectivity index (χ3v) is 14.4. The molecule has 0 heterocycles. The number of rotatable bonds is 4. The summed E-state index contributed by atoms with van der Waals surface area (Å²) in [6.07, 6.45) is 10.9. The molecule has 0 saturated heterocycles. The Kier molecular flexibility index (Phi) is 3.48. The Labute approximate surface area is 163 Å². The molecule has 0 aromatic rings. The van der Waals surface area contributed by atoms with E-state index in [-0.39, 0.29) is 0 Å². The van der Waals surface area contributed by atoms with Crippen LogP contribution in [0.1, 0.15) is 77.0 Å². The van der Waals surface area contributed by atoms with Gasteiger partial charge in [-0.05, 0) is 113 Å². The summed E-state index contributed by atoms with van der Waals surface area (Å²) in [6.45, 7) is 0. The van der Waals surface area contributed by atoms with Gasteiger partial charge >= 0.3 is 0 Å². The maximum atomic E-state index is 13.5. The maximum Gasteiger partial charge on any atom is 0.230 e. The average molecular weight is 414 g/mol. The first-order valence-electron chi connectivity index (χ1n) is 11.0. The van der Waals surface area contributed by atoms with E-state index in [0.717, 1.165) is 38.5 Å². The predicted octanol–water partition coefficient (Wildman–Crippen LogP) is 3.17. The average Bonchev–Trinajstić information content (AvgIpc) is 2.51. The van der Waals surface area contributed by atoms with Gasteiger partial charge in [0.1, 0.15) is 0 Å². The van der Waals surface area contributed by atoms with E-state index in [9.17, 15) is 16.8 Å². The number of hydrogen-bond donors (Lipinski definition) is 1. The first-order chi connectivity index (χ1) is 12.7. The Hall–Kier alpha value is -0.140. The number of nitrogens with one attached hydrogen (secondary N) is 1. The smallest absolute Gasteiger partial charge is 0.211 e. The first-order valence-corrected chi connectivity index (χ1v) is 13.9. The molecule has 0 aliphatic heterocycles. The van der Waals surface area contributed by atoms with Gasteiger partial charge in [0.25, 0.3) is 0 Å². The van der Waals surface area contributed by atoms with Crippen LogP contribution in [0.4, 0.5) is 0 Å². The van der Waals surface area contributed by atoms with Crippen LogP contribution in [0.3, 0.4) is 0 Å². The molecule has 0 aromatic carbocycles. The van der Waals surface area contributed by atoms with Gasteiger partial charge in [0.05, 0.1) is 9.49 Å². The van der Waals surface area contributed by atoms with Crippen LogP contribution < -0.4 is 4.13 Å². The van der Waals surface area contributed by atoms with Crippen LogP contribution >= 0.6 is 0 Å². The maximum absolute atomic E-state index is 13.5. The molecule has 8 rings (SSSR count). The molecule has 8 saturated carbocycles. The molecule has 1 N–H and O–H groups in total. The van der Waals surface area contributed by atoms with Crippen molar-refractivity contribution in [1.82, 2.24) is 4.13 Å². The minimum Gasteiger partial charge on any atom is -0.211 e. The van der Waals surface area contributed by atoms with Crippen LogP contribution in [0.5, 0.6) is 0 Å². The molecule has 5 nitrogen and oxygen atoms in total. The molecule has 8 aliphatic carbocycles. The van der Waals surface area contributed by atoms with E-state index in [0.29, 0.717) is 74.0 Å². The van der Waals surface area contributed by atoms with Crippen molar-refractivity contribution in [2.75, 3.05) is 0 Å². The zero-order valence-corrected chi connectivity index (χ0v) is 17.5. The second-order valence-corrected chi connectivity index (χ2v) is 15.7. The third-order valence-electron chi connectivity index (χ3n) is 9.32. The van der Waals surface area contributed by atoms with E-state index < -0.39 is 29.5 Å². The topological polar surface area (TPSA) is 80.3 Å². The van der Waals surface area contributed by atoms with E-state index in [1.165, 1.54) is 0 Å². The van der Waals surface area contributed by atoms with Crippen molar-refractivity contribution in [3.63, 3.8) is 0 Å². The second-order valence-electron chi connectivity index (χ2n) is 11.3. The van der Waals surface area contributed by atoms with Crippen molar-refractivity contribution in [1.29, 1.82) is 0 Å². The minimum atomic E-state index is -3.87. The predicted molar refractivity (Wildman–Crippen MR) is 103 cm³/mol. The quantitative estimate of drug-likeness (QED) is 0.768. The zero-order valence-electron chi connectivity index (χ0n) is 15.9. The van der Waals surface area contributed by atoms with Crippen LogP contribution in [-0.2, 0) is 20.0 Å². The van der Waals surface area contributed by atoms with Crippen molar-refractivity contribution in [3.05, 3.63) is 0 Å². The highest BCUT2D eigenvalue weighted by Gasteiger charge is 2.62. The standard InChI is InChI=1S/C20H31NO4S2/c22-26(23,19-7-13-1-14(8-19)3-15(2-13)9-19)21-27(24,25)20-10-16-4-17(11-20)6-18(5-16)12-20/h13-18,21H,1-12H2.